The van der Waals surface area contributed by atoms with Gasteiger partial charge in [-0.15, -0.1) is 0 Å². The van der Waals surface area contributed by atoms with Crippen LogP contribution in [0.1, 0.15) is 25.3 Å². The van der Waals surface area contributed by atoms with Crippen LogP contribution in [0.25, 0.3) is 0 Å². The molecule has 0 unspecified atom stereocenters. The fourth-order valence-corrected chi connectivity index (χ4v) is 1.01. The molecule has 0 aliphatic carbocycles. The molecule has 1 heterocycles. The molecule has 12 heavy (non-hydrogen) atoms. The van der Waals surface area contributed by atoms with Crippen LogP contribution >= 0.6 is 0 Å². The van der Waals surface area contributed by atoms with Gasteiger partial charge in [-0.25, -0.2) is 4.39 Å². The van der Waals surface area contributed by atoms with Gasteiger partial charge in [-0.2, -0.15) is 0 Å². The third kappa shape index (κ3) is 1.55. The van der Waals surface area contributed by atoms with Gasteiger partial charge in [0, 0.05) is 13.2 Å². The van der Waals surface area contributed by atoms with Crippen molar-refractivity contribution in [1.82, 2.24) is 4.57 Å². The minimum absolute atomic E-state index is 0.242. The van der Waals surface area contributed by atoms with Gasteiger partial charge in [0.2, 0.25) is 0 Å². The van der Waals surface area contributed by atoms with E-state index >= 15 is 0 Å². The van der Waals surface area contributed by atoms with E-state index in [1.807, 2.05) is 13.8 Å². The van der Waals surface area contributed by atoms with Crippen LogP contribution in [-0.2, 0) is 7.05 Å². The van der Waals surface area contributed by atoms with Gasteiger partial charge in [-0.05, 0) is 17.5 Å². The van der Waals surface area contributed by atoms with Crippen LogP contribution in [0.15, 0.2) is 17.1 Å². The van der Waals surface area contributed by atoms with Gasteiger partial charge in [0.1, 0.15) is 0 Å². The molecule has 0 radical (unpaired) electrons. The minimum atomic E-state index is -0.677. The average Bonchev–Trinajstić information content (AvgIpc) is 1.99. The van der Waals surface area contributed by atoms with Crippen LogP contribution in [0.4, 0.5) is 4.39 Å². The van der Waals surface area contributed by atoms with Crippen LogP contribution < -0.4 is 5.56 Å². The van der Waals surface area contributed by atoms with Gasteiger partial charge in [0.05, 0.1) is 0 Å². The summed E-state index contributed by atoms with van der Waals surface area (Å²) in [6.07, 6.45) is 1.66. The van der Waals surface area contributed by atoms with E-state index < -0.39 is 11.4 Å². The summed E-state index contributed by atoms with van der Waals surface area (Å²) in [6.45, 7) is 3.92. The zero-order valence-corrected chi connectivity index (χ0v) is 7.47. The van der Waals surface area contributed by atoms with Crippen molar-refractivity contribution in [3.8, 4) is 0 Å². The number of aromatic nitrogens is 1. The first-order chi connectivity index (χ1) is 5.52. The summed E-state index contributed by atoms with van der Waals surface area (Å²) in [6, 6.07) is 1.30. The van der Waals surface area contributed by atoms with E-state index in [9.17, 15) is 9.18 Å². The number of nitrogens with zero attached hydrogens (tertiary/aromatic N) is 1. The Bertz CT molecular complexity index is 315. The first-order valence-electron chi connectivity index (χ1n) is 3.88. The zero-order chi connectivity index (χ0) is 9.30. The van der Waals surface area contributed by atoms with Crippen molar-refractivity contribution in [2.24, 2.45) is 7.05 Å². The van der Waals surface area contributed by atoms with E-state index in [1.54, 1.807) is 13.2 Å². The molecular weight excluding hydrogens is 157 g/mol. The van der Waals surface area contributed by atoms with Crippen molar-refractivity contribution in [3.05, 3.63) is 34.0 Å². The fraction of sp³-hybridized carbons (Fsp3) is 0.444. The maximum absolute atomic E-state index is 12.9. The number of aryl methyl sites for hydroxylation is 1. The maximum Gasteiger partial charge on any atom is 0.286 e. The molecule has 0 amide bonds. The Labute approximate surface area is 70.6 Å². The molecular formula is C9H12FNO. The van der Waals surface area contributed by atoms with Crippen molar-refractivity contribution in [2.75, 3.05) is 0 Å². The SMILES string of the molecule is CC(C)c1cc(F)c(=O)n(C)c1. The van der Waals surface area contributed by atoms with E-state index in [0.29, 0.717) is 0 Å². The molecule has 0 spiro atoms. The molecule has 0 aromatic carbocycles. The lowest BCUT2D eigenvalue weighted by atomic mass is 10.1. The third-order valence-corrected chi connectivity index (χ3v) is 1.83. The molecule has 1 rings (SSSR count). The second-order valence-corrected chi connectivity index (χ2v) is 3.19. The lowest BCUT2D eigenvalue weighted by Gasteiger charge is -2.06. The number of rotatable bonds is 1. The Morgan fingerprint density at radius 2 is 2.08 bits per heavy atom. The summed E-state index contributed by atoms with van der Waals surface area (Å²) in [5.74, 6) is -0.435. The quantitative estimate of drug-likeness (QED) is 0.626. The van der Waals surface area contributed by atoms with Crippen LogP contribution in [-0.4, -0.2) is 4.57 Å². The van der Waals surface area contributed by atoms with Crippen molar-refractivity contribution in [1.29, 1.82) is 0 Å². The standard InChI is InChI=1S/C9H12FNO/c1-6(2)7-4-8(10)9(12)11(3)5-7/h4-6H,1-3H3. The molecule has 0 bridgehead atoms. The number of pyridine rings is 1. The number of hydrogen-bond acceptors (Lipinski definition) is 1. The maximum atomic E-state index is 12.9. The summed E-state index contributed by atoms with van der Waals surface area (Å²) in [5, 5.41) is 0. The predicted octanol–water partition coefficient (Wildman–Crippen LogP) is 1.65. The highest BCUT2D eigenvalue weighted by Gasteiger charge is 2.05. The van der Waals surface area contributed by atoms with Crippen LogP contribution in [0.3, 0.4) is 0 Å². The first-order valence-corrected chi connectivity index (χ1v) is 3.88. The lowest BCUT2D eigenvalue weighted by molar-refractivity contribution is 0.583. The summed E-state index contributed by atoms with van der Waals surface area (Å²) < 4.78 is 14.1. The normalized spacial score (nSPS) is 10.8. The fourth-order valence-electron chi connectivity index (χ4n) is 1.01. The van der Waals surface area contributed by atoms with E-state index in [0.717, 1.165) is 5.56 Å². The van der Waals surface area contributed by atoms with Crippen LogP contribution in [0, 0.1) is 5.82 Å². The Morgan fingerprint density at radius 1 is 1.50 bits per heavy atom. The molecule has 1 aromatic rings. The van der Waals surface area contributed by atoms with Gasteiger partial charge < -0.3 is 4.57 Å². The second-order valence-electron chi connectivity index (χ2n) is 3.19. The molecule has 0 aliphatic rings. The minimum Gasteiger partial charge on any atom is -0.316 e. The topological polar surface area (TPSA) is 22.0 Å². The highest BCUT2D eigenvalue weighted by Crippen LogP contribution is 2.12. The molecule has 0 saturated heterocycles. The number of halogens is 1. The first kappa shape index (κ1) is 8.97. The van der Waals surface area contributed by atoms with Gasteiger partial charge in [0.25, 0.3) is 5.56 Å². The second kappa shape index (κ2) is 3.09. The molecule has 0 N–H and O–H groups in total. The van der Waals surface area contributed by atoms with Crippen molar-refractivity contribution < 1.29 is 4.39 Å². The van der Waals surface area contributed by atoms with E-state index in [4.69, 9.17) is 0 Å². The largest absolute Gasteiger partial charge is 0.316 e. The average molecular weight is 169 g/mol. The van der Waals surface area contributed by atoms with E-state index in [2.05, 4.69) is 0 Å². The van der Waals surface area contributed by atoms with Crippen LogP contribution in [0.5, 0.6) is 0 Å². The highest BCUT2D eigenvalue weighted by molar-refractivity contribution is 5.14. The Hall–Kier alpha value is -1.12. The summed E-state index contributed by atoms with van der Waals surface area (Å²) in [5.41, 5.74) is 0.272. The third-order valence-electron chi connectivity index (χ3n) is 1.83. The van der Waals surface area contributed by atoms with Gasteiger partial charge >= 0.3 is 0 Å². The van der Waals surface area contributed by atoms with Gasteiger partial charge in [-0.1, -0.05) is 13.8 Å². The molecule has 3 heteroatoms. The summed E-state index contributed by atoms with van der Waals surface area (Å²) >= 11 is 0. The molecule has 2 nitrogen and oxygen atoms in total. The highest BCUT2D eigenvalue weighted by atomic mass is 19.1. The Kier molecular flexibility index (Phi) is 2.31. The Morgan fingerprint density at radius 3 is 2.50 bits per heavy atom. The molecule has 1 aromatic heterocycles. The van der Waals surface area contributed by atoms with Crippen molar-refractivity contribution >= 4 is 0 Å². The predicted molar refractivity (Wildman–Crippen MR) is 45.7 cm³/mol. The smallest absolute Gasteiger partial charge is 0.286 e. The monoisotopic (exact) mass is 169 g/mol. The molecule has 0 fully saturated rings. The zero-order valence-electron chi connectivity index (χ0n) is 7.47. The lowest BCUT2D eigenvalue weighted by Crippen LogP contribution is -2.20. The number of hydrogen-bond donors (Lipinski definition) is 0. The van der Waals surface area contributed by atoms with E-state index in [1.165, 1.54) is 10.6 Å². The summed E-state index contributed by atoms with van der Waals surface area (Å²) in [4.78, 5) is 10.9. The van der Waals surface area contributed by atoms with Gasteiger partial charge in [-0.3, -0.25) is 4.79 Å². The van der Waals surface area contributed by atoms with Gasteiger partial charge in [0.15, 0.2) is 5.82 Å². The molecule has 0 aliphatic heterocycles. The van der Waals surface area contributed by atoms with Crippen molar-refractivity contribution in [2.45, 2.75) is 19.8 Å². The summed E-state index contributed by atoms with van der Waals surface area (Å²) in [7, 11) is 1.55. The van der Waals surface area contributed by atoms with E-state index in [-0.39, 0.29) is 5.92 Å². The molecule has 0 saturated carbocycles. The van der Waals surface area contributed by atoms with Crippen LogP contribution in [0.2, 0.25) is 0 Å². The Balaban J connectivity index is 3.31. The van der Waals surface area contributed by atoms with Crippen molar-refractivity contribution in [3.63, 3.8) is 0 Å². The molecule has 66 valence electrons. The molecule has 0 atom stereocenters.